The van der Waals surface area contributed by atoms with E-state index >= 15 is 0 Å². The molecule has 0 aliphatic carbocycles. The van der Waals surface area contributed by atoms with Crippen LogP contribution in [0.4, 0.5) is 0 Å². The molecule has 0 saturated heterocycles. The number of furan rings is 3. The molecule has 0 amide bonds. The minimum atomic E-state index is 0.912. The van der Waals surface area contributed by atoms with Gasteiger partial charge in [-0.2, -0.15) is 0 Å². The summed E-state index contributed by atoms with van der Waals surface area (Å²) in [6, 6.07) is 142. The first kappa shape index (κ1) is 74.2. The zero-order chi connectivity index (χ0) is 85.0. The van der Waals surface area contributed by atoms with Gasteiger partial charge in [-0.15, -0.1) is 0 Å². The van der Waals surface area contributed by atoms with E-state index in [2.05, 4.69) is 379 Å². The lowest BCUT2D eigenvalue weighted by Crippen LogP contribution is -1.89. The molecule has 129 heavy (non-hydrogen) atoms. The fourth-order valence-corrected chi connectivity index (χ4v) is 19.5. The summed E-state index contributed by atoms with van der Waals surface area (Å²) in [5.41, 5.74) is 32.5. The molecule has 9 heteroatoms. The monoisotopic (exact) mass is 1640 g/mol. The smallest absolute Gasteiger partial charge is 0.135 e. The second-order valence-electron chi connectivity index (χ2n) is 33.0. The summed E-state index contributed by atoms with van der Waals surface area (Å²) in [6.45, 7) is 0. The third-order valence-electron chi connectivity index (χ3n) is 25.7. The van der Waals surface area contributed by atoms with Crippen LogP contribution in [0.3, 0.4) is 0 Å². The molecule has 0 N–H and O–H groups in total. The predicted molar refractivity (Wildman–Crippen MR) is 534 cm³/mol. The molecule has 0 aliphatic rings. The van der Waals surface area contributed by atoms with Gasteiger partial charge in [-0.25, -0.2) is 0 Å². The summed E-state index contributed by atoms with van der Waals surface area (Å²) < 4.78 is 18.2. The van der Waals surface area contributed by atoms with Crippen LogP contribution in [0.5, 0.6) is 0 Å². The molecule has 600 valence electrons. The average Bonchev–Trinajstić information content (AvgIpc) is 1.74. The molecule has 21 aromatic carbocycles. The van der Waals surface area contributed by atoms with E-state index in [4.69, 9.17) is 28.2 Å². The van der Waals surface area contributed by atoms with Crippen LogP contribution in [-0.2, 0) is 0 Å². The topological polar surface area (TPSA) is 117 Å². The number of para-hydroxylation sites is 3. The second kappa shape index (κ2) is 30.8. The maximum atomic E-state index is 6.08. The van der Waals surface area contributed by atoms with Crippen molar-refractivity contribution in [3.63, 3.8) is 0 Å². The molecule has 6 aromatic heterocycles. The fraction of sp³-hybridized carbons (Fsp3) is 0. The first-order valence-electron chi connectivity index (χ1n) is 43.4. The van der Waals surface area contributed by atoms with Gasteiger partial charge in [0.15, 0.2) is 0 Å². The van der Waals surface area contributed by atoms with Gasteiger partial charge in [0.2, 0.25) is 0 Å². The van der Waals surface area contributed by atoms with Crippen molar-refractivity contribution in [2.75, 3.05) is 0 Å². The van der Waals surface area contributed by atoms with E-state index in [0.717, 1.165) is 131 Å². The Labute approximate surface area is 739 Å². The molecule has 0 bridgehead atoms. The van der Waals surface area contributed by atoms with Crippen LogP contribution in [0, 0.1) is 0 Å². The van der Waals surface area contributed by atoms with Crippen molar-refractivity contribution in [3.8, 4) is 100 Å². The van der Waals surface area contributed by atoms with Crippen LogP contribution < -0.4 is 0 Å². The molecule has 0 saturated carbocycles. The second-order valence-corrected chi connectivity index (χ2v) is 33.0. The summed E-state index contributed by atoms with van der Waals surface area (Å²) >= 11 is 0. The first-order chi connectivity index (χ1) is 63.9. The van der Waals surface area contributed by atoms with Gasteiger partial charge in [-0.1, -0.05) is 309 Å². The minimum Gasteiger partial charge on any atom is -0.456 e. The summed E-state index contributed by atoms with van der Waals surface area (Å²) in [4.78, 5) is 28.1. The van der Waals surface area contributed by atoms with E-state index in [0.29, 0.717) is 0 Å². The van der Waals surface area contributed by atoms with Crippen molar-refractivity contribution in [2.45, 2.75) is 0 Å². The van der Waals surface area contributed by atoms with E-state index in [9.17, 15) is 0 Å². The highest BCUT2D eigenvalue weighted by Gasteiger charge is 2.20. The molecule has 6 heterocycles. The molecule has 0 fully saturated rings. The van der Waals surface area contributed by atoms with E-state index in [1.165, 1.54) is 132 Å². The summed E-state index contributed by atoms with van der Waals surface area (Å²) in [6.07, 6.45) is 10.6. The van der Waals surface area contributed by atoms with Gasteiger partial charge in [0.25, 0.3) is 0 Å². The first-order valence-corrected chi connectivity index (χ1v) is 43.4. The Balaban J connectivity index is 0.000000105. The summed E-state index contributed by atoms with van der Waals surface area (Å²) in [7, 11) is 0. The zero-order valence-corrected chi connectivity index (χ0v) is 69.5. The van der Waals surface area contributed by atoms with Gasteiger partial charge in [-0.05, 0) is 223 Å². The number of benzene rings is 21. The van der Waals surface area contributed by atoms with Crippen molar-refractivity contribution in [1.82, 2.24) is 29.9 Å². The summed E-state index contributed by atoms with van der Waals surface area (Å²) in [5.74, 6) is 0. The van der Waals surface area contributed by atoms with Crippen molar-refractivity contribution < 1.29 is 13.3 Å². The highest BCUT2D eigenvalue weighted by Crippen LogP contribution is 2.45. The molecular weight excluding hydrogens is 1570 g/mol. The summed E-state index contributed by atoms with van der Waals surface area (Å²) in [5, 5.41) is 20.8. The predicted octanol–water partition coefficient (Wildman–Crippen LogP) is 32.5. The Morgan fingerprint density at radius 2 is 0.318 bits per heavy atom. The van der Waals surface area contributed by atoms with Gasteiger partial charge >= 0.3 is 0 Å². The number of rotatable bonds is 9. The lowest BCUT2D eigenvalue weighted by Gasteiger charge is -2.12. The average molecular weight is 1650 g/mol. The molecule has 0 spiro atoms. The molecule has 27 rings (SSSR count). The Bertz CT molecular complexity index is 9120. The number of hydrogen-bond acceptors (Lipinski definition) is 9. The third kappa shape index (κ3) is 13.0. The largest absolute Gasteiger partial charge is 0.456 e. The zero-order valence-electron chi connectivity index (χ0n) is 69.5. The van der Waals surface area contributed by atoms with Crippen molar-refractivity contribution >= 4 is 164 Å². The Morgan fingerprint density at radius 3 is 0.643 bits per heavy atom. The Hall–Kier alpha value is -17.4. The van der Waals surface area contributed by atoms with E-state index in [-0.39, 0.29) is 0 Å². The van der Waals surface area contributed by atoms with Crippen LogP contribution in [0.15, 0.2) is 451 Å². The van der Waals surface area contributed by atoms with E-state index < -0.39 is 0 Å². The molecule has 0 atom stereocenters. The van der Waals surface area contributed by atoms with Crippen LogP contribution >= 0.6 is 0 Å². The van der Waals surface area contributed by atoms with E-state index in [1.807, 2.05) is 36.4 Å². The number of fused-ring (bicyclic) bond motifs is 27. The molecule has 0 unspecified atom stereocenters. The third-order valence-corrected chi connectivity index (χ3v) is 25.7. The normalized spacial score (nSPS) is 11.7. The van der Waals surface area contributed by atoms with Gasteiger partial charge in [0.1, 0.15) is 33.5 Å². The number of hydrogen-bond donors (Lipinski definition) is 0. The minimum absolute atomic E-state index is 0.912. The SMILES string of the molecule is c1cc(-c2ccc(-c3ccc4c(c3)c3ccccc3c3nccnc43)cc2)cc(-c2ccc3oc4ccccc4c3c2)c1.c1cc(-c2cccc(-c3ccc4c(c3)c3ccccc3c3nccnc43)c2)cc(-c2ccc3oc4ccccc4c3c2)c1.c1ccc(-c2ccc3oc4ccccc4c3c2)c(-c2ccc(-c3ccc4c(c3)c3ccccc3c3nccnc43)cc2)c1. The molecule has 0 radical (unpaired) electrons. The van der Waals surface area contributed by atoms with Gasteiger partial charge < -0.3 is 13.3 Å². The highest BCUT2D eigenvalue weighted by atomic mass is 16.3. The van der Waals surface area contributed by atoms with Crippen molar-refractivity contribution in [1.29, 1.82) is 0 Å². The number of nitrogens with zero attached hydrogens (tertiary/aromatic N) is 6. The van der Waals surface area contributed by atoms with Gasteiger partial charge in [0.05, 0.1) is 33.1 Å². The van der Waals surface area contributed by atoms with Crippen LogP contribution in [0.2, 0.25) is 0 Å². The lowest BCUT2D eigenvalue weighted by molar-refractivity contribution is 0.668. The van der Waals surface area contributed by atoms with Crippen LogP contribution in [0.25, 0.3) is 264 Å². The van der Waals surface area contributed by atoms with Crippen LogP contribution in [-0.4, -0.2) is 29.9 Å². The van der Waals surface area contributed by atoms with Gasteiger partial charge in [-0.3, -0.25) is 29.9 Å². The maximum absolute atomic E-state index is 6.08. The van der Waals surface area contributed by atoms with E-state index in [1.54, 1.807) is 37.2 Å². The van der Waals surface area contributed by atoms with Crippen molar-refractivity contribution in [3.05, 3.63) is 438 Å². The molecule has 0 aliphatic heterocycles. The number of aromatic nitrogens is 6. The molecule has 27 aromatic rings. The molecule has 9 nitrogen and oxygen atoms in total. The molecular formula is C120H72N6O3. The fourth-order valence-electron chi connectivity index (χ4n) is 19.5. The Morgan fingerprint density at radius 1 is 0.116 bits per heavy atom. The quantitative estimate of drug-likeness (QED) is 0.130. The standard InChI is InChI=1S/3C40H24N2O/c1-2-13-33-31(11-1)35-23-29(15-17-34(35)40-39(33)41-19-20-42-40)27-9-5-7-25(21-27)26-8-6-10-28(22-26)30-16-18-38-36(24-30)32-12-3-4-14-37(32)43-38;1-2-10-33-31(8-1)35-23-29(16-18-34(35)40-39(33)41-20-21-42-40)26-14-12-25(13-15-26)27-6-5-7-28(22-27)30-17-19-38-36(24-30)32-9-3-4-11-37(32)43-38;1-2-8-30(28-18-20-38-36(24-28)32-10-5-6-12-37(32)43-38)29(7-1)26-15-13-25(14-16-26)27-17-19-34-35(23-27)31-9-3-4-11-33(31)39-40(34)42-22-21-41-39/h3*1-24H. The lowest BCUT2D eigenvalue weighted by atomic mass is 9.92. The maximum Gasteiger partial charge on any atom is 0.135 e. The Kier molecular flexibility index (Phi) is 17.7. The van der Waals surface area contributed by atoms with Crippen molar-refractivity contribution in [2.24, 2.45) is 0 Å². The highest BCUT2D eigenvalue weighted by molar-refractivity contribution is 6.26. The van der Waals surface area contributed by atoms with Crippen LogP contribution in [0.1, 0.15) is 0 Å². The van der Waals surface area contributed by atoms with Gasteiger partial charge in [0, 0.05) is 102 Å².